The summed E-state index contributed by atoms with van der Waals surface area (Å²) in [6.45, 7) is 2.25. The molecule has 1 saturated carbocycles. The minimum Gasteiger partial charge on any atom is -0.445 e. The molecule has 1 aromatic carbocycles. The third kappa shape index (κ3) is 5.22. The number of carbonyl (C=O) groups is 1. The van der Waals surface area contributed by atoms with Crippen molar-refractivity contribution < 1.29 is 26.4 Å². The number of anilines is 1. The zero-order valence-electron chi connectivity index (χ0n) is 18.8. The Labute approximate surface area is 196 Å². The Morgan fingerprint density at radius 2 is 1.97 bits per heavy atom. The Morgan fingerprint density at radius 3 is 2.62 bits per heavy atom. The summed E-state index contributed by atoms with van der Waals surface area (Å²) in [6, 6.07) is 9.20. The van der Waals surface area contributed by atoms with E-state index < -0.39 is 39.9 Å². The van der Waals surface area contributed by atoms with Crippen molar-refractivity contribution in [2.24, 2.45) is 5.92 Å². The van der Waals surface area contributed by atoms with Crippen LogP contribution in [0.1, 0.15) is 36.8 Å². The van der Waals surface area contributed by atoms with E-state index in [0.717, 1.165) is 5.69 Å². The second kappa shape index (κ2) is 9.33. The van der Waals surface area contributed by atoms with Crippen LogP contribution in [0.4, 0.5) is 14.5 Å². The summed E-state index contributed by atoms with van der Waals surface area (Å²) in [5.41, 5.74) is 2.10. The molecule has 1 amide bonds. The topological polar surface area (TPSA) is 116 Å². The molecule has 1 aromatic heterocycles. The monoisotopic (exact) mass is 492 g/mol. The van der Waals surface area contributed by atoms with E-state index >= 15 is 0 Å². The second-order valence-corrected chi connectivity index (χ2v) is 11.1. The maximum atomic E-state index is 14.2. The van der Waals surface area contributed by atoms with Gasteiger partial charge in [0, 0.05) is 50.0 Å². The summed E-state index contributed by atoms with van der Waals surface area (Å²) in [7, 11) is -2.98. The molecule has 0 spiro atoms. The molecular weight excluding hydrogens is 466 g/mol. The summed E-state index contributed by atoms with van der Waals surface area (Å²) in [6.07, 6.45) is -0.930. The quantitative estimate of drug-likeness (QED) is 0.638. The summed E-state index contributed by atoms with van der Waals surface area (Å²) >= 11 is 0. The molecule has 34 heavy (non-hydrogen) atoms. The van der Waals surface area contributed by atoms with E-state index in [-0.39, 0.29) is 30.9 Å². The molecule has 2 aromatic rings. The normalized spacial score (nSPS) is 23.8. The minimum absolute atomic E-state index is 0.0552. The zero-order valence-corrected chi connectivity index (χ0v) is 19.6. The first-order valence-electron chi connectivity index (χ1n) is 11.1. The lowest BCUT2D eigenvalue weighted by atomic mass is 9.74. The van der Waals surface area contributed by atoms with Crippen LogP contribution >= 0.6 is 0 Å². The molecule has 0 bridgehead atoms. The number of carbonyl (C=O) groups excluding carboxylic acids is 1. The van der Waals surface area contributed by atoms with Crippen LogP contribution in [0, 0.1) is 24.2 Å². The molecule has 182 valence electrons. The maximum Gasteiger partial charge on any atom is 0.249 e. The Kier molecular flexibility index (Phi) is 6.62. The van der Waals surface area contributed by atoms with Gasteiger partial charge in [0.2, 0.25) is 11.8 Å². The molecule has 2 atom stereocenters. The van der Waals surface area contributed by atoms with E-state index in [2.05, 4.69) is 10.3 Å². The third-order valence-electron chi connectivity index (χ3n) is 6.45. The highest BCUT2D eigenvalue weighted by molar-refractivity contribution is 7.91. The van der Waals surface area contributed by atoms with Crippen molar-refractivity contribution in [2.75, 3.05) is 36.0 Å². The van der Waals surface area contributed by atoms with E-state index in [1.807, 2.05) is 29.2 Å². The van der Waals surface area contributed by atoms with E-state index in [4.69, 9.17) is 9.68 Å². The molecule has 2 fully saturated rings. The van der Waals surface area contributed by atoms with Crippen molar-refractivity contribution in [3.05, 3.63) is 35.9 Å². The Bertz CT molecular complexity index is 1190. The summed E-state index contributed by atoms with van der Waals surface area (Å²) in [5, 5.41) is 11.2. The van der Waals surface area contributed by atoms with Crippen LogP contribution < -0.4 is 10.2 Å². The number of rotatable bonds is 5. The number of aryl methyl sites for hydroxylation is 1. The number of sulfone groups is 1. The van der Waals surface area contributed by atoms with Gasteiger partial charge in [-0.1, -0.05) is 12.1 Å². The highest BCUT2D eigenvalue weighted by atomic mass is 32.2. The molecule has 1 aliphatic heterocycles. The second-order valence-electron chi connectivity index (χ2n) is 8.82. The number of halogens is 2. The fraction of sp³-hybridized carbons (Fsp3) is 0.522. The Hall–Kier alpha value is -3.00. The van der Waals surface area contributed by atoms with Gasteiger partial charge < -0.3 is 14.6 Å². The minimum atomic E-state index is -2.98. The van der Waals surface area contributed by atoms with Gasteiger partial charge in [-0.25, -0.2) is 22.2 Å². The van der Waals surface area contributed by atoms with Crippen LogP contribution in [-0.2, 0) is 14.6 Å². The standard InChI is InChI=1S/C23H26F2N4O4S/c1-15-28-20(16-2-4-17(5-3-16)29-10-12-34(31,32)13-11-29)21(33-15)18-6-7-23(24,25)14-19(18)22(30)27-9-8-26/h2-5,18-19H,6-7,9-14H2,1H3,(H,27,30)/t18-,19-/m1/s1. The number of nitriles is 1. The highest BCUT2D eigenvalue weighted by Gasteiger charge is 2.47. The number of benzene rings is 1. The smallest absolute Gasteiger partial charge is 0.249 e. The first kappa shape index (κ1) is 24.1. The Balaban J connectivity index is 1.61. The van der Waals surface area contributed by atoms with Gasteiger partial charge in [-0.15, -0.1) is 0 Å². The van der Waals surface area contributed by atoms with Gasteiger partial charge in [0.1, 0.15) is 18.0 Å². The zero-order chi connectivity index (χ0) is 24.5. The van der Waals surface area contributed by atoms with E-state index in [1.165, 1.54) is 0 Å². The van der Waals surface area contributed by atoms with Crippen LogP contribution in [0.15, 0.2) is 28.7 Å². The fourth-order valence-corrected chi connectivity index (χ4v) is 5.88. The van der Waals surface area contributed by atoms with Crippen LogP contribution in [0.5, 0.6) is 0 Å². The molecular formula is C23H26F2N4O4S. The predicted molar refractivity (Wildman–Crippen MR) is 121 cm³/mol. The molecule has 4 rings (SSSR count). The van der Waals surface area contributed by atoms with Crippen LogP contribution in [0.25, 0.3) is 11.3 Å². The first-order valence-corrected chi connectivity index (χ1v) is 13.0. The maximum absolute atomic E-state index is 14.2. The van der Waals surface area contributed by atoms with Crippen LogP contribution in [-0.4, -0.2) is 56.4 Å². The first-order chi connectivity index (χ1) is 16.1. The molecule has 8 nitrogen and oxygen atoms in total. The SMILES string of the molecule is Cc1nc(-c2ccc(N3CCS(=O)(=O)CC3)cc2)c([C@@H]2CCC(F)(F)C[C@H]2C(=O)NCC#N)o1. The average molecular weight is 493 g/mol. The number of aromatic nitrogens is 1. The van der Waals surface area contributed by atoms with Crippen molar-refractivity contribution in [1.82, 2.24) is 10.3 Å². The van der Waals surface area contributed by atoms with Crippen LogP contribution in [0.3, 0.4) is 0 Å². The predicted octanol–water partition coefficient (Wildman–Crippen LogP) is 3.04. The van der Waals surface area contributed by atoms with Crippen molar-refractivity contribution in [3.63, 3.8) is 0 Å². The average Bonchev–Trinajstić information content (AvgIpc) is 3.18. The van der Waals surface area contributed by atoms with E-state index in [9.17, 15) is 22.0 Å². The van der Waals surface area contributed by atoms with E-state index in [0.29, 0.717) is 36.0 Å². The lowest BCUT2D eigenvalue weighted by molar-refractivity contribution is -0.133. The number of hydrogen-bond donors (Lipinski definition) is 1. The van der Waals surface area contributed by atoms with Gasteiger partial charge in [-0.05, 0) is 18.6 Å². The summed E-state index contributed by atoms with van der Waals surface area (Å²) in [5.74, 6) is -4.22. The number of alkyl halides is 2. The lowest BCUT2D eigenvalue weighted by Gasteiger charge is -2.34. The third-order valence-corrected chi connectivity index (χ3v) is 8.06. The van der Waals surface area contributed by atoms with Gasteiger partial charge in [-0.2, -0.15) is 5.26 Å². The van der Waals surface area contributed by atoms with Gasteiger partial charge in [0.05, 0.1) is 23.5 Å². The molecule has 11 heteroatoms. The highest BCUT2D eigenvalue weighted by Crippen LogP contribution is 2.47. The van der Waals surface area contributed by atoms with Crippen molar-refractivity contribution in [1.29, 1.82) is 5.26 Å². The van der Waals surface area contributed by atoms with Crippen molar-refractivity contribution in [3.8, 4) is 17.3 Å². The number of hydrogen-bond acceptors (Lipinski definition) is 7. The molecule has 0 radical (unpaired) electrons. The number of nitrogens with one attached hydrogen (secondary N) is 1. The summed E-state index contributed by atoms with van der Waals surface area (Å²) in [4.78, 5) is 19.1. The molecule has 1 saturated heterocycles. The molecule has 2 aliphatic rings. The van der Waals surface area contributed by atoms with Gasteiger partial charge in [0.15, 0.2) is 15.7 Å². The molecule has 1 aliphatic carbocycles. The van der Waals surface area contributed by atoms with E-state index in [1.54, 1.807) is 13.0 Å². The van der Waals surface area contributed by atoms with Crippen molar-refractivity contribution >= 4 is 21.4 Å². The van der Waals surface area contributed by atoms with Gasteiger partial charge in [-0.3, -0.25) is 4.79 Å². The van der Waals surface area contributed by atoms with Gasteiger partial charge >= 0.3 is 0 Å². The largest absolute Gasteiger partial charge is 0.445 e. The molecule has 1 N–H and O–H groups in total. The number of oxazole rings is 1. The molecule has 0 unspecified atom stereocenters. The van der Waals surface area contributed by atoms with Crippen molar-refractivity contribution in [2.45, 2.75) is 38.0 Å². The molecule has 2 heterocycles. The number of amides is 1. The van der Waals surface area contributed by atoms with Crippen LogP contribution in [0.2, 0.25) is 0 Å². The Morgan fingerprint density at radius 1 is 1.29 bits per heavy atom. The summed E-state index contributed by atoms with van der Waals surface area (Å²) < 4.78 is 57.6. The fourth-order valence-electron chi connectivity index (χ4n) is 4.68. The lowest BCUT2D eigenvalue weighted by Crippen LogP contribution is -2.41. The van der Waals surface area contributed by atoms with Gasteiger partial charge in [0.25, 0.3) is 0 Å². The number of nitrogens with zero attached hydrogens (tertiary/aromatic N) is 3.